The van der Waals surface area contributed by atoms with Crippen molar-refractivity contribution in [3.05, 3.63) is 84.6 Å². The number of imide groups is 1. The van der Waals surface area contributed by atoms with Crippen LogP contribution in [0.2, 0.25) is 0 Å². The van der Waals surface area contributed by atoms with E-state index in [0.717, 1.165) is 27.5 Å². The van der Waals surface area contributed by atoms with Gasteiger partial charge in [-0.25, -0.2) is 9.88 Å². The molecule has 1 aliphatic rings. The Bertz CT molecular complexity index is 1650. The highest BCUT2D eigenvalue weighted by Gasteiger charge is 2.44. The largest absolute Gasteiger partial charge is 0.436 e. The molecule has 1 saturated heterocycles. The van der Waals surface area contributed by atoms with Gasteiger partial charge in [0.1, 0.15) is 11.6 Å². The number of nitrogens with one attached hydrogen (secondary N) is 1. The van der Waals surface area contributed by atoms with E-state index in [0.29, 0.717) is 43.0 Å². The molecule has 1 aliphatic heterocycles. The number of rotatable bonds is 8. The Hall–Kier alpha value is -4.72. The number of fused-ring (bicyclic) bond motifs is 2. The summed E-state index contributed by atoms with van der Waals surface area (Å²) in [5.41, 5.74) is 4.75. The van der Waals surface area contributed by atoms with Gasteiger partial charge in [0.25, 0.3) is 5.91 Å². The number of carbonyl (C=O) groups excluding carboxylic acids is 3. The third-order valence-corrected chi connectivity index (χ3v) is 7.25. The van der Waals surface area contributed by atoms with Gasteiger partial charge in [-0.05, 0) is 60.9 Å². The lowest BCUT2D eigenvalue weighted by Gasteiger charge is -2.27. The second-order valence-electron chi connectivity index (χ2n) is 9.77. The third kappa shape index (κ3) is 4.58. The van der Waals surface area contributed by atoms with Crippen LogP contribution in [0.15, 0.2) is 83.4 Å². The van der Waals surface area contributed by atoms with Crippen molar-refractivity contribution in [2.45, 2.75) is 38.6 Å². The fraction of sp³-hybridized carbons (Fsp3) is 0.226. The molecule has 6 rings (SSSR count). The Morgan fingerprint density at radius 3 is 2.62 bits per heavy atom. The van der Waals surface area contributed by atoms with Crippen molar-refractivity contribution in [2.75, 3.05) is 11.4 Å². The van der Waals surface area contributed by atoms with E-state index in [-0.39, 0.29) is 24.1 Å². The van der Waals surface area contributed by atoms with Gasteiger partial charge < -0.3 is 14.3 Å². The molecule has 8 nitrogen and oxygen atoms in total. The highest BCUT2D eigenvalue weighted by Crippen LogP contribution is 2.30. The van der Waals surface area contributed by atoms with Crippen molar-refractivity contribution in [1.82, 2.24) is 14.9 Å². The van der Waals surface area contributed by atoms with Crippen LogP contribution in [0.3, 0.4) is 0 Å². The molecule has 196 valence electrons. The number of carbonyl (C=O) groups is 3. The van der Waals surface area contributed by atoms with Gasteiger partial charge in [0, 0.05) is 35.6 Å². The summed E-state index contributed by atoms with van der Waals surface area (Å²) < 4.78 is 5.84. The first-order valence-electron chi connectivity index (χ1n) is 13.2. The molecule has 1 fully saturated rings. The number of aromatic amines is 1. The first kappa shape index (κ1) is 24.6. The molecule has 0 spiro atoms. The molecule has 3 amide bonds. The summed E-state index contributed by atoms with van der Waals surface area (Å²) in [6.07, 6.45) is 3.48. The molecular weight excluding hydrogens is 492 g/mol. The molecule has 0 saturated carbocycles. The number of anilines is 1. The number of H-pyrrole nitrogens is 1. The SMILES string of the molecule is CCCC(=O)N(CCc1c[nH]c2ccccc12)C1CC(=O)N(c2ccc(-c3nc4ccccc4o3)cc2)C1=O. The molecule has 1 N–H and O–H groups in total. The van der Waals surface area contributed by atoms with E-state index in [1.165, 1.54) is 4.90 Å². The molecule has 3 aromatic carbocycles. The number of benzene rings is 3. The fourth-order valence-electron chi connectivity index (χ4n) is 5.27. The summed E-state index contributed by atoms with van der Waals surface area (Å²) >= 11 is 0. The second kappa shape index (κ2) is 10.2. The van der Waals surface area contributed by atoms with E-state index in [9.17, 15) is 14.4 Å². The van der Waals surface area contributed by atoms with Crippen molar-refractivity contribution in [2.24, 2.45) is 0 Å². The summed E-state index contributed by atoms with van der Waals surface area (Å²) in [6, 6.07) is 21.7. The number of oxazole rings is 1. The van der Waals surface area contributed by atoms with Gasteiger partial charge in [-0.3, -0.25) is 14.4 Å². The summed E-state index contributed by atoms with van der Waals surface area (Å²) in [4.78, 5) is 50.4. The molecule has 0 bridgehead atoms. The normalized spacial score (nSPS) is 15.5. The molecule has 0 aliphatic carbocycles. The predicted octanol–water partition coefficient (Wildman–Crippen LogP) is 5.48. The average Bonchev–Trinajstić information content (AvgIpc) is 3.65. The number of hydrogen-bond donors (Lipinski definition) is 1. The van der Waals surface area contributed by atoms with E-state index in [4.69, 9.17) is 4.42 Å². The Balaban J connectivity index is 1.22. The zero-order valence-electron chi connectivity index (χ0n) is 21.6. The maximum Gasteiger partial charge on any atom is 0.257 e. The molecule has 3 heterocycles. The highest BCUT2D eigenvalue weighted by atomic mass is 16.3. The minimum absolute atomic E-state index is 0.0327. The van der Waals surface area contributed by atoms with E-state index < -0.39 is 6.04 Å². The van der Waals surface area contributed by atoms with E-state index >= 15 is 0 Å². The zero-order valence-corrected chi connectivity index (χ0v) is 21.6. The second-order valence-corrected chi connectivity index (χ2v) is 9.77. The quantitative estimate of drug-likeness (QED) is 0.273. The lowest BCUT2D eigenvalue weighted by Crippen LogP contribution is -2.46. The van der Waals surface area contributed by atoms with E-state index in [1.54, 1.807) is 29.2 Å². The Morgan fingerprint density at radius 2 is 1.82 bits per heavy atom. The summed E-state index contributed by atoms with van der Waals surface area (Å²) in [5.74, 6) is -0.344. The van der Waals surface area contributed by atoms with Crippen LogP contribution in [-0.4, -0.2) is 45.2 Å². The van der Waals surface area contributed by atoms with Gasteiger partial charge in [0.05, 0.1) is 12.1 Å². The van der Waals surface area contributed by atoms with Gasteiger partial charge in [0.2, 0.25) is 17.7 Å². The molecule has 1 unspecified atom stereocenters. The van der Waals surface area contributed by atoms with E-state index in [2.05, 4.69) is 9.97 Å². The average molecular weight is 521 g/mol. The number of amides is 3. The van der Waals surface area contributed by atoms with Crippen molar-refractivity contribution >= 4 is 45.4 Å². The molecule has 39 heavy (non-hydrogen) atoms. The van der Waals surface area contributed by atoms with Crippen molar-refractivity contribution in [1.29, 1.82) is 0 Å². The van der Waals surface area contributed by atoms with Crippen molar-refractivity contribution < 1.29 is 18.8 Å². The van der Waals surface area contributed by atoms with Gasteiger partial charge in [0.15, 0.2) is 5.58 Å². The highest BCUT2D eigenvalue weighted by molar-refractivity contribution is 6.23. The summed E-state index contributed by atoms with van der Waals surface area (Å²) in [7, 11) is 0. The molecular formula is C31H28N4O4. The van der Waals surface area contributed by atoms with Crippen LogP contribution >= 0.6 is 0 Å². The van der Waals surface area contributed by atoms with E-state index in [1.807, 2.05) is 61.7 Å². The standard InChI is InChI=1S/C31H28N4O4/c1-2-7-28(36)34(17-16-21-19-32-24-9-4-3-8-23(21)24)26-18-29(37)35(31(26)38)22-14-12-20(13-15-22)30-33-25-10-5-6-11-27(25)39-30/h3-6,8-15,19,26,32H,2,7,16-18H2,1H3. The molecule has 5 aromatic rings. The molecule has 0 radical (unpaired) electrons. The topological polar surface area (TPSA) is 99.5 Å². The van der Waals surface area contributed by atoms with Crippen LogP contribution in [0.5, 0.6) is 0 Å². The number of nitrogens with zero attached hydrogens (tertiary/aromatic N) is 3. The monoisotopic (exact) mass is 520 g/mol. The minimum Gasteiger partial charge on any atom is -0.436 e. The smallest absolute Gasteiger partial charge is 0.257 e. The zero-order chi connectivity index (χ0) is 26.9. The number of hydrogen-bond acceptors (Lipinski definition) is 5. The predicted molar refractivity (Wildman–Crippen MR) is 149 cm³/mol. The first-order valence-corrected chi connectivity index (χ1v) is 13.2. The lowest BCUT2D eigenvalue weighted by atomic mass is 10.1. The van der Waals surface area contributed by atoms with Gasteiger partial charge in [-0.15, -0.1) is 0 Å². The molecule has 2 aromatic heterocycles. The molecule has 8 heteroatoms. The minimum atomic E-state index is -0.821. The lowest BCUT2D eigenvalue weighted by molar-refractivity contribution is -0.138. The van der Waals surface area contributed by atoms with Crippen molar-refractivity contribution in [3.63, 3.8) is 0 Å². The first-order chi connectivity index (χ1) is 19.0. The Kier molecular flexibility index (Phi) is 6.44. The molecule has 1 atom stereocenters. The van der Waals surface area contributed by atoms with Crippen LogP contribution < -0.4 is 4.90 Å². The Labute approximate surface area is 225 Å². The number of para-hydroxylation sites is 3. The third-order valence-electron chi connectivity index (χ3n) is 7.25. The van der Waals surface area contributed by atoms with Gasteiger partial charge >= 0.3 is 0 Å². The number of aromatic nitrogens is 2. The van der Waals surface area contributed by atoms with Crippen LogP contribution in [0.4, 0.5) is 5.69 Å². The van der Waals surface area contributed by atoms with Gasteiger partial charge in [-0.1, -0.05) is 37.3 Å². The Morgan fingerprint density at radius 1 is 1.05 bits per heavy atom. The van der Waals surface area contributed by atoms with Crippen LogP contribution in [0.25, 0.3) is 33.5 Å². The van der Waals surface area contributed by atoms with Crippen LogP contribution in [-0.2, 0) is 20.8 Å². The van der Waals surface area contributed by atoms with Crippen molar-refractivity contribution in [3.8, 4) is 11.5 Å². The maximum atomic E-state index is 13.6. The maximum absolute atomic E-state index is 13.6. The van der Waals surface area contributed by atoms with Crippen LogP contribution in [0, 0.1) is 0 Å². The fourth-order valence-corrected chi connectivity index (χ4v) is 5.27. The van der Waals surface area contributed by atoms with Crippen LogP contribution in [0.1, 0.15) is 31.7 Å². The summed E-state index contributed by atoms with van der Waals surface area (Å²) in [6.45, 7) is 2.29. The van der Waals surface area contributed by atoms with Gasteiger partial charge in [-0.2, -0.15) is 0 Å². The summed E-state index contributed by atoms with van der Waals surface area (Å²) in [5, 5.41) is 1.09.